The molecule has 10 heteroatoms. The summed E-state index contributed by atoms with van der Waals surface area (Å²) in [5, 5.41) is 15.2. The van der Waals surface area contributed by atoms with Crippen LogP contribution in [-0.4, -0.2) is 68.3 Å². The molecule has 2 heterocycles. The highest BCUT2D eigenvalue weighted by Gasteiger charge is 2.43. The highest BCUT2D eigenvalue weighted by atomic mass is 16.4. The van der Waals surface area contributed by atoms with Crippen molar-refractivity contribution in [2.45, 2.75) is 133 Å². The minimum atomic E-state index is -1.05. The summed E-state index contributed by atoms with van der Waals surface area (Å²) in [5.41, 5.74) is -0.584. The van der Waals surface area contributed by atoms with Crippen LogP contribution in [0.4, 0.5) is 0 Å². The molecular formula is C31H57N5O5. The van der Waals surface area contributed by atoms with Gasteiger partial charge in [0.05, 0.1) is 6.20 Å². The Morgan fingerprint density at radius 1 is 1.02 bits per heavy atom. The van der Waals surface area contributed by atoms with Gasteiger partial charge in [0.2, 0.25) is 11.8 Å². The number of carbonyl (C=O) groups excluding carboxylic acids is 3. The van der Waals surface area contributed by atoms with Crippen LogP contribution in [0.15, 0.2) is 18.6 Å². The summed E-state index contributed by atoms with van der Waals surface area (Å²) < 4.78 is 0. The van der Waals surface area contributed by atoms with Crippen LogP contribution >= 0.6 is 0 Å². The zero-order chi connectivity index (χ0) is 32.2. The molecule has 3 amide bonds. The Bertz CT molecular complexity index is 889. The van der Waals surface area contributed by atoms with Gasteiger partial charge in [-0.3, -0.25) is 19.4 Å². The van der Waals surface area contributed by atoms with Gasteiger partial charge in [0, 0.05) is 18.9 Å². The number of carboxylic acids is 1. The molecule has 1 fully saturated rings. The van der Waals surface area contributed by atoms with Crippen LogP contribution in [0.3, 0.4) is 0 Å². The van der Waals surface area contributed by atoms with E-state index in [1.54, 1.807) is 0 Å². The van der Waals surface area contributed by atoms with Crippen LogP contribution in [0.1, 0.15) is 125 Å². The van der Waals surface area contributed by atoms with Gasteiger partial charge in [-0.1, -0.05) is 95.4 Å². The summed E-state index contributed by atoms with van der Waals surface area (Å²) >= 11 is 0. The summed E-state index contributed by atoms with van der Waals surface area (Å²) in [4.78, 5) is 60.7. The minimum Gasteiger partial charge on any atom is -0.480 e. The van der Waals surface area contributed by atoms with Gasteiger partial charge in [0.25, 0.3) is 5.91 Å². The first-order valence-corrected chi connectivity index (χ1v) is 15.4. The molecule has 1 aromatic rings. The lowest BCUT2D eigenvalue weighted by Gasteiger charge is -2.36. The number of hydrogen-bond donors (Lipinski definition) is 3. The van der Waals surface area contributed by atoms with Crippen LogP contribution in [0.5, 0.6) is 0 Å². The van der Waals surface area contributed by atoms with Crippen LogP contribution in [0, 0.1) is 11.3 Å². The number of rotatable bonds is 11. The summed E-state index contributed by atoms with van der Waals surface area (Å²) in [6.07, 6.45) is 8.81. The second-order valence-corrected chi connectivity index (χ2v) is 10.4. The van der Waals surface area contributed by atoms with Gasteiger partial charge in [0.15, 0.2) is 0 Å². The van der Waals surface area contributed by atoms with Crippen molar-refractivity contribution < 1.29 is 24.3 Å². The summed E-state index contributed by atoms with van der Waals surface area (Å²) in [5.74, 6) is -2.67. The molecule has 3 unspecified atom stereocenters. The maximum Gasteiger partial charge on any atom is 0.326 e. The molecule has 4 atom stereocenters. The molecule has 0 saturated carbocycles. The van der Waals surface area contributed by atoms with Crippen molar-refractivity contribution in [1.82, 2.24) is 25.5 Å². The fourth-order valence-electron chi connectivity index (χ4n) is 4.31. The fourth-order valence-corrected chi connectivity index (χ4v) is 4.31. The van der Waals surface area contributed by atoms with Gasteiger partial charge < -0.3 is 20.6 Å². The zero-order valence-corrected chi connectivity index (χ0v) is 27.4. The number of hydrogen-bond acceptors (Lipinski definition) is 6. The third-order valence-electron chi connectivity index (χ3n) is 6.42. The molecular weight excluding hydrogens is 522 g/mol. The lowest BCUT2D eigenvalue weighted by molar-refractivity contribution is -0.150. The largest absolute Gasteiger partial charge is 0.480 e. The van der Waals surface area contributed by atoms with E-state index in [0.29, 0.717) is 25.8 Å². The van der Waals surface area contributed by atoms with Gasteiger partial charge in [-0.2, -0.15) is 0 Å². The van der Waals surface area contributed by atoms with Gasteiger partial charge in [-0.25, -0.2) is 9.78 Å². The second kappa shape index (κ2) is 21.7. The Morgan fingerprint density at radius 3 is 2.12 bits per heavy atom. The summed E-state index contributed by atoms with van der Waals surface area (Å²) in [6, 6.07) is -2.74. The van der Waals surface area contributed by atoms with Crippen molar-refractivity contribution in [3.05, 3.63) is 24.3 Å². The first-order valence-electron chi connectivity index (χ1n) is 15.4. The fraction of sp³-hybridized carbons (Fsp3) is 0.742. The first-order chi connectivity index (χ1) is 19.5. The molecule has 41 heavy (non-hydrogen) atoms. The Hall–Kier alpha value is -3.04. The number of aromatic nitrogens is 2. The number of nitrogens with zero attached hydrogens (tertiary/aromatic N) is 3. The van der Waals surface area contributed by atoms with Gasteiger partial charge in [0.1, 0.15) is 23.8 Å². The molecule has 10 nitrogen and oxygen atoms in total. The van der Waals surface area contributed by atoms with E-state index in [0.717, 1.165) is 19.3 Å². The molecule has 3 N–H and O–H groups in total. The van der Waals surface area contributed by atoms with E-state index < -0.39 is 47.2 Å². The second-order valence-electron chi connectivity index (χ2n) is 10.4. The van der Waals surface area contributed by atoms with E-state index in [-0.39, 0.29) is 11.6 Å². The van der Waals surface area contributed by atoms with Crippen molar-refractivity contribution in [1.29, 1.82) is 0 Å². The van der Waals surface area contributed by atoms with E-state index >= 15 is 0 Å². The predicted octanol–water partition coefficient (Wildman–Crippen LogP) is 5.48. The quantitative estimate of drug-likeness (QED) is 0.295. The Morgan fingerprint density at radius 2 is 1.63 bits per heavy atom. The van der Waals surface area contributed by atoms with Gasteiger partial charge >= 0.3 is 5.97 Å². The average molecular weight is 580 g/mol. The van der Waals surface area contributed by atoms with Gasteiger partial charge in [-0.15, -0.1) is 0 Å². The molecule has 2 rings (SSSR count). The number of unbranched alkanes of at least 4 members (excludes halogenated alkanes) is 2. The molecule has 0 aliphatic carbocycles. The van der Waals surface area contributed by atoms with E-state index in [1.165, 1.54) is 23.5 Å². The van der Waals surface area contributed by atoms with Crippen LogP contribution in [0.2, 0.25) is 0 Å². The molecule has 0 radical (unpaired) electrons. The molecule has 0 aromatic carbocycles. The number of carbonyl (C=O) groups is 4. The number of amides is 3. The van der Waals surface area contributed by atoms with Crippen LogP contribution in [-0.2, 0) is 14.4 Å². The lowest BCUT2D eigenvalue weighted by atomic mass is 9.84. The predicted molar refractivity (Wildman–Crippen MR) is 164 cm³/mol. The molecule has 0 bridgehead atoms. The average Bonchev–Trinajstić information content (AvgIpc) is 3.48. The maximum atomic E-state index is 13.5. The lowest BCUT2D eigenvalue weighted by Crippen LogP contribution is -2.60. The molecule has 1 aliphatic heterocycles. The topological polar surface area (TPSA) is 142 Å². The molecule has 236 valence electrons. The Kier molecular flexibility index (Phi) is 21.2. The molecule has 0 spiro atoms. The smallest absolute Gasteiger partial charge is 0.326 e. The van der Waals surface area contributed by atoms with Gasteiger partial charge in [-0.05, 0) is 30.6 Å². The number of likely N-dealkylation sites (tertiary alicyclic amines) is 1. The van der Waals surface area contributed by atoms with E-state index in [9.17, 15) is 24.3 Å². The maximum absolute atomic E-state index is 13.5. The van der Waals surface area contributed by atoms with Crippen LogP contribution in [0.25, 0.3) is 0 Å². The summed E-state index contributed by atoms with van der Waals surface area (Å²) in [7, 11) is 0. The van der Waals surface area contributed by atoms with Crippen LogP contribution < -0.4 is 10.6 Å². The highest BCUT2D eigenvalue weighted by molar-refractivity contribution is 5.97. The standard InChI is InChI=1S/C25H39N5O5.3C2H6/c1-6-7-8-10-16(2)19(28-21(31)17-15-26-12-13-27-17)22(32)29-20(25(3,4)5)23(33)30-14-9-11-18(30)24(34)35;3*1-2/h12-13,15-16,18-20H,6-11,14H2,1-5H3,(H,28,31)(H,29,32)(H,34,35);3*1-2H3/t16?,18?,19?,20-;;;/m1.../s1. The number of aliphatic carboxylic acids is 1. The third-order valence-corrected chi connectivity index (χ3v) is 6.42. The van der Waals surface area contributed by atoms with Crippen molar-refractivity contribution in [3.63, 3.8) is 0 Å². The third kappa shape index (κ3) is 13.4. The monoisotopic (exact) mass is 579 g/mol. The van der Waals surface area contributed by atoms with Crippen molar-refractivity contribution in [2.24, 2.45) is 11.3 Å². The zero-order valence-electron chi connectivity index (χ0n) is 27.4. The SMILES string of the molecule is CC.CC.CC.CCCCCC(C)C(NC(=O)c1cnccn1)C(=O)N[C@H](C(=O)N1CCCC1C(=O)O)C(C)(C)C. The number of carboxylic acid groups (broad SMARTS) is 1. The Labute approximate surface area is 248 Å². The van der Waals surface area contributed by atoms with E-state index in [2.05, 4.69) is 27.5 Å². The normalized spacial score (nSPS) is 16.2. The minimum absolute atomic E-state index is 0.0934. The first kappa shape index (κ1) is 40.1. The number of nitrogens with one attached hydrogen (secondary N) is 2. The molecule has 1 aliphatic rings. The highest BCUT2D eigenvalue weighted by Crippen LogP contribution is 2.26. The van der Waals surface area contributed by atoms with Crippen molar-refractivity contribution >= 4 is 23.7 Å². The van der Waals surface area contributed by atoms with Crippen molar-refractivity contribution in [2.75, 3.05) is 6.54 Å². The van der Waals surface area contributed by atoms with E-state index in [4.69, 9.17) is 0 Å². The van der Waals surface area contributed by atoms with E-state index in [1.807, 2.05) is 69.2 Å². The summed E-state index contributed by atoms with van der Waals surface area (Å²) in [6.45, 7) is 21.8. The van der Waals surface area contributed by atoms with Crippen molar-refractivity contribution in [3.8, 4) is 0 Å². The molecule has 1 aromatic heterocycles. The molecule has 1 saturated heterocycles. The Balaban J connectivity index is 0.